The van der Waals surface area contributed by atoms with Gasteiger partial charge >= 0.3 is 0 Å². The van der Waals surface area contributed by atoms with Gasteiger partial charge in [-0.25, -0.2) is 13.1 Å². The van der Waals surface area contributed by atoms with Crippen molar-refractivity contribution in [2.75, 3.05) is 5.32 Å². The molecule has 4 aromatic carbocycles. The molecule has 0 saturated heterocycles. The van der Waals surface area contributed by atoms with Crippen molar-refractivity contribution in [1.82, 2.24) is 4.72 Å². The van der Waals surface area contributed by atoms with Crippen molar-refractivity contribution < 1.29 is 13.2 Å². The van der Waals surface area contributed by atoms with E-state index in [1.807, 2.05) is 66.7 Å². The molecule has 0 atom stereocenters. The van der Waals surface area contributed by atoms with Crippen LogP contribution in [0, 0.1) is 0 Å². The molecule has 0 aliphatic rings. The molecule has 0 aliphatic carbocycles. The lowest BCUT2D eigenvalue weighted by Crippen LogP contribution is -2.23. The van der Waals surface area contributed by atoms with Crippen molar-refractivity contribution in [2.45, 2.75) is 31.2 Å². The quantitative estimate of drug-likeness (QED) is 0.312. The average molecular weight is 485 g/mol. The van der Waals surface area contributed by atoms with E-state index in [1.54, 1.807) is 36.4 Å². The van der Waals surface area contributed by atoms with Gasteiger partial charge in [0.05, 0.1) is 4.90 Å². The van der Waals surface area contributed by atoms with Crippen LogP contribution in [0.3, 0.4) is 0 Å². The van der Waals surface area contributed by atoms with E-state index in [9.17, 15) is 13.2 Å². The SMILES string of the molecule is CC(C)c1ccc(NC(=O)c2cccc(-c3ccc(S(=O)(=O)NCc4ccccc4)cc3)c2)cc1. The molecule has 0 saturated carbocycles. The largest absolute Gasteiger partial charge is 0.322 e. The number of hydrogen-bond acceptors (Lipinski definition) is 3. The van der Waals surface area contributed by atoms with Gasteiger partial charge in [0.15, 0.2) is 0 Å². The van der Waals surface area contributed by atoms with E-state index in [-0.39, 0.29) is 17.3 Å². The van der Waals surface area contributed by atoms with Gasteiger partial charge in [-0.3, -0.25) is 4.79 Å². The number of carbonyl (C=O) groups excluding carboxylic acids is 1. The van der Waals surface area contributed by atoms with E-state index in [2.05, 4.69) is 23.9 Å². The minimum Gasteiger partial charge on any atom is -0.322 e. The molecule has 0 aliphatic heterocycles. The number of benzene rings is 4. The highest BCUT2D eigenvalue weighted by atomic mass is 32.2. The molecule has 4 rings (SSSR count). The van der Waals surface area contributed by atoms with Crippen LogP contribution < -0.4 is 10.0 Å². The smallest absolute Gasteiger partial charge is 0.255 e. The second-order valence-electron chi connectivity index (χ2n) is 8.65. The third-order valence-corrected chi connectivity index (χ3v) is 7.18. The van der Waals surface area contributed by atoms with E-state index < -0.39 is 10.0 Å². The number of rotatable bonds is 8. The van der Waals surface area contributed by atoms with Gasteiger partial charge in [-0.15, -0.1) is 0 Å². The van der Waals surface area contributed by atoms with Gasteiger partial charge < -0.3 is 5.32 Å². The minimum absolute atomic E-state index is 0.191. The van der Waals surface area contributed by atoms with Crippen molar-refractivity contribution in [1.29, 1.82) is 0 Å². The summed E-state index contributed by atoms with van der Waals surface area (Å²) in [5, 5.41) is 2.93. The van der Waals surface area contributed by atoms with Crippen molar-refractivity contribution in [3.8, 4) is 11.1 Å². The Labute approximate surface area is 206 Å². The Balaban J connectivity index is 1.45. The zero-order valence-electron chi connectivity index (χ0n) is 19.7. The highest BCUT2D eigenvalue weighted by Crippen LogP contribution is 2.24. The Morgan fingerprint density at radius 3 is 2.11 bits per heavy atom. The molecule has 0 aromatic heterocycles. The summed E-state index contributed by atoms with van der Waals surface area (Å²) in [7, 11) is -3.64. The highest BCUT2D eigenvalue weighted by Gasteiger charge is 2.14. The predicted octanol–water partition coefficient (Wildman–Crippen LogP) is 6.21. The summed E-state index contributed by atoms with van der Waals surface area (Å²) >= 11 is 0. The molecule has 2 N–H and O–H groups in total. The van der Waals surface area contributed by atoms with Crippen molar-refractivity contribution in [3.05, 3.63) is 120 Å². The molecule has 178 valence electrons. The summed E-state index contributed by atoms with van der Waals surface area (Å²) in [6.45, 7) is 4.48. The van der Waals surface area contributed by atoms with Gasteiger partial charge in [0.1, 0.15) is 0 Å². The normalized spacial score (nSPS) is 11.4. The lowest BCUT2D eigenvalue weighted by atomic mass is 10.0. The van der Waals surface area contributed by atoms with Gasteiger partial charge in [0, 0.05) is 17.8 Å². The zero-order valence-corrected chi connectivity index (χ0v) is 20.5. The monoisotopic (exact) mass is 484 g/mol. The van der Waals surface area contributed by atoms with Gasteiger partial charge in [-0.2, -0.15) is 0 Å². The number of amides is 1. The topological polar surface area (TPSA) is 75.3 Å². The van der Waals surface area contributed by atoms with Crippen molar-refractivity contribution in [3.63, 3.8) is 0 Å². The molecule has 35 heavy (non-hydrogen) atoms. The number of carbonyl (C=O) groups is 1. The van der Waals surface area contributed by atoms with Crippen LogP contribution in [0.5, 0.6) is 0 Å². The predicted molar refractivity (Wildman–Crippen MR) is 141 cm³/mol. The fraction of sp³-hybridized carbons (Fsp3) is 0.138. The van der Waals surface area contributed by atoms with E-state index in [0.717, 1.165) is 22.4 Å². The van der Waals surface area contributed by atoms with Crippen molar-refractivity contribution in [2.24, 2.45) is 0 Å². The number of nitrogens with one attached hydrogen (secondary N) is 2. The van der Waals surface area contributed by atoms with Crippen LogP contribution in [0.25, 0.3) is 11.1 Å². The summed E-state index contributed by atoms with van der Waals surface area (Å²) in [4.78, 5) is 13.0. The first-order chi connectivity index (χ1) is 16.8. The second-order valence-corrected chi connectivity index (χ2v) is 10.4. The maximum Gasteiger partial charge on any atom is 0.255 e. The van der Waals surface area contributed by atoms with Crippen LogP contribution >= 0.6 is 0 Å². The lowest BCUT2D eigenvalue weighted by molar-refractivity contribution is 0.102. The van der Waals surface area contributed by atoms with E-state index in [4.69, 9.17) is 0 Å². The molecule has 0 heterocycles. The number of anilines is 1. The first kappa shape index (κ1) is 24.4. The molecule has 0 radical (unpaired) electrons. The summed E-state index contributed by atoms with van der Waals surface area (Å²) in [5.74, 6) is 0.228. The van der Waals surface area contributed by atoms with Gasteiger partial charge in [0.25, 0.3) is 5.91 Å². The first-order valence-corrected chi connectivity index (χ1v) is 13.0. The Morgan fingerprint density at radius 2 is 1.46 bits per heavy atom. The van der Waals surface area contributed by atoms with Gasteiger partial charge in [-0.1, -0.05) is 80.6 Å². The summed E-state index contributed by atoms with van der Waals surface area (Å²) < 4.78 is 28.0. The molecular weight excluding hydrogens is 456 g/mol. The van der Waals surface area contributed by atoms with Crippen LogP contribution in [-0.4, -0.2) is 14.3 Å². The Bertz CT molecular complexity index is 1400. The first-order valence-electron chi connectivity index (χ1n) is 11.5. The third-order valence-electron chi connectivity index (χ3n) is 5.77. The summed E-state index contributed by atoms with van der Waals surface area (Å²) in [6.07, 6.45) is 0. The molecule has 4 aromatic rings. The fourth-order valence-electron chi connectivity index (χ4n) is 3.68. The van der Waals surface area contributed by atoms with Crippen LogP contribution in [0.4, 0.5) is 5.69 Å². The van der Waals surface area contributed by atoms with Crippen LogP contribution in [0.15, 0.2) is 108 Å². The fourth-order valence-corrected chi connectivity index (χ4v) is 4.70. The van der Waals surface area contributed by atoms with Crippen molar-refractivity contribution >= 4 is 21.6 Å². The van der Waals surface area contributed by atoms with E-state index in [1.165, 1.54) is 5.56 Å². The standard InChI is InChI=1S/C29H28N2O3S/c1-21(2)23-11-15-27(16-12-23)31-29(32)26-10-6-9-25(19-26)24-13-17-28(18-14-24)35(33,34)30-20-22-7-4-3-5-8-22/h3-19,21,30H,20H2,1-2H3,(H,31,32). The maximum atomic E-state index is 12.8. The second kappa shape index (κ2) is 10.7. The zero-order chi connectivity index (χ0) is 24.8. The van der Waals surface area contributed by atoms with Crippen LogP contribution in [0.2, 0.25) is 0 Å². The molecule has 6 heteroatoms. The molecule has 1 amide bonds. The Kier molecular flexibility index (Phi) is 7.44. The molecule has 0 spiro atoms. The molecule has 5 nitrogen and oxygen atoms in total. The van der Waals surface area contributed by atoms with Crippen LogP contribution in [0.1, 0.15) is 41.3 Å². The average Bonchev–Trinajstić information content (AvgIpc) is 2.88. The minimum atomic E-state index is -3.64. The van der Waals surface area contributed by atoms with Crippen LogP contribution in [-0.2, 0) is 16.6 Å². The lowest BCUT2D eigenvalue weighted by Gasteiger charge is -2.10. The molecular formula is C29H28N2O3S. The Morgan fingerprint density at radius 1 is 0.771 bits per heavy atom. The van der Waals surface area contributed by atoms with Gasteiger partial charge in [-0.05, 0) is 64.6 Å². The third kappa shape index (κ3) is 6.23. The van der Waals surface area contributed by atoms with Gasteiger partial charge in [0.2, 0.25) is 10.0 Å². The summed E-state index contributed by atoms with van der Waals surface area (Å²) in [5.41, 5.74) is 5.01. The number of sulfonamides is 1. The molecule has 0 bridgehead atoms. The van der Waals surface area contributed by atoms with E-state index in [0.29, 0.717) is 11.5 Å². The van der Waals surface area contributed by atoms with E-state index >= 15 is 0 Å². The number of hydrogen-bond donors (Lipinski definition) is 2. The Hall–Kier alpha value is -3.74. The molecule has 0 unspecified atom stereocenters. The highest BCUT2D eigenvalue weighted by molar-refractivity contribution is 7.89. The maximum absolute atomic E-state index is 12.8. The molecule has 0 fully saturated rings. The summed E-state index contributed by atoms with van der Waals surface area (Å²) in [6, 6.07) is 31.1.